The van der Waals surface area contributed by atoms with Crippen molar-refractivity contribution in [1.82, 2.24) is 0 Å². The number of esters is 1. The predicted octanol–water partition coefficient (Wildman–Crippen LogP) is 5.61. The van der Waals surface area contributed by atoms with Gasteiger partial charge >= 0.3 is 5.97 Å². The van der Waals surface area contributed by atoms with Crippen LogP contribution in [0.25, 0.3) is 0 Å². The van der Waals surface area contributed by atoms with E-state index in [4.69, 9.17) is 4.74 Å². The molecule has 1 N–H and O–H groups in total. The van der Waals surface area contributed by atoms with Gasteiger partial charge in [-0.2, -0.15) is 5.26 Å². The standard InChI is InChI=1S/C28H37NO3/c1-17-14-28(3)19(13-24(17)32-26(31)18-7-5-4-6-8-18)9-11-21-22-12-10-20(16-29)27(22,2)15-23(30)25(21)28/h4-8,17,19-25,30H,9-15H2,1-3H3. The molecule has 0 spiro atoms. The average molecular weight is 436 g/mol. The number of hydrogen-bond acceptors (Lipinski definition) is 4. The smallest absolute Gasteiger partial charge is 0.338 e. The van der Waals surface area contributed by atoms with Gasteiger partial charge in [0, 0.05) is 0 Å². The van der Waals surface area contributed by atoms with Crippen LogP contribution in [0.3, 0.4) is 0 Å². The van der Waals surface area contributed by atoms with Crippen molar-refractivity contribution in [3.63, 3.8) is 0 Å². The molecule has 172 valence electrons. The minimum Gasteiger partial charge on any atom is -0.458 e. The third kappa shape index (κ3) is 3.23. The SMILES string of the molecule is CC1CC2(C)C(CCC3C4CCC(C#N)C4(C)CC(O)C32)CC1OC(=O)c1ccccc1. The Bertz CT molecular complexity index is 909. The summed E-state index contributed by atoms with van der Waals surface area (Å²) >= 11 is 0. The maximum atomic E-state index is 12.7. The molecule has 10 unspecified atom stereocenters. The lowest BCUT2D eigenvalue weighted by molar-refractivity contribution is -0.184. The van der Waals surface area contributed by atoms with Gasteiger partial charge in [-0.05, 0) is 97.5 Å². The highest BCUT2D eigenvalue weighted by molar-refractivity contribution is 5.89. The Morgan fingerprint density at radius 2 is 1.84 bits per heavy atom. The van der Waals surface area contributed by atoms with E-state index in [1.807, 2.05) is 30.3 Å². The second-order valence-electron chi connectivity index (χ2n) is 11.8. The minimum atomic E-state index is -0.335. The predicted molar refractivity (Wildman–Crippen MR) is 122 cm³/mol. The van der Waals surface area contributed by atoms with Gasteiger partial charge < -0.3 is 9.84 Å². The zero-order valence-corrected chi connectivity index (χ0v) is 19.7. The molecule has 0 radical (unpaired) electrons. The summed E-state index contributed by atoms with van der Waals surface area (Å²) in [6.07, 6.45) is 6.66. The molecule has 4 heteroatoms. The number of carbonyl (C=O) groups excluding carboxylic acids is 1. The molecule has 32 heavy (non-hydrogen) atoms. The highest BCUT2D eigenvalue weighted by Gasteiger charge is 2.63. The Kier molecular flexibility index (Phi) is 5.40. The first-order valence-electron chi connectivity index (χ1n) is 12.6. The summed E-state index contributed by atoms with van der Waals surface area (Å²) in [5.74, 6) is 1.98. The van der Waals surface area contributed by atoms with Crippen LogP contribution in [0.4, 0.5) is 0 Å². The van der Waals surface area contributed by atoms with Gasteiger partial charge in [0.05, 0.1) is 23.7 Å². The van der Waals surface area contributed by atoms with Crippen molar-refractivity contribution in [3.8, 4) is 6.07 Å². The molecule has 4 aliphatic rings. The molecule has 10 atom stereocenters. The molecule has 4 fully saturated rings. The fourth-order valence-electron chi connectivity index (χ4n) is 8.86. The Labute approximate surface area is 192 Å². The second-order valence-corrected chi connectivity index (χ2v) is 11.8. The molecule has 0 bridgehead atoms. The van der Waals surface area contributed by atoms with Crippen molar-refractivity contribution in [2.75, 3.05) is 0 Å². The molecule has 0 heterocycles. The van der Waals surface area contributed by atoms with Crippen molar-refractivity contribution >= 4 is 5.97 Å². The number of nitriles is 1. The maximum Gasteiger partial charge on any atom is 0.338 e. The Hall–Kier alpha value is -1.86. The van der Waals surface area contributed by atoms with Crippen molar-refractivity contribution in [2.45, 2.75) is 77.9 Å². The molecule has 0 aliphatic heterocycles. The van der Waals surface area contributed by atoms with Gasteiger partial charge in [0.2, 0.25) is 0 Å². The van der Waals surface area contributed by atoms with Gasteiger partial charge in [-0.1, -0.05) is 39.0 Å². The lowest BCUT2D eigenvalue weighted by atomic mass is 9.43. The molecule has 4 saturated carbocycles. The van der Waals surface area contributed by atoms with Crippen LogP contribution >= 0.6 is 0 Å². The fraction of sp³-hybridized carbons (Fsp3) is 0.714. The van der Waals surface area contributed by atoms with E-state index in [-0.39, 0.29) is 40.8 Å². The summed E-state index contributed by atoms with van der Waals surface area (Å²) in [5.41, 5.74) is 0.655. The number of nitrogens with zero attached hydrogens (tertiary/aromatic N) is 1. The van der Waals surface area contributed by atoms with Crippen LogP contribution in [-0.2, 0) is 4.74 Å². The summed E-state index contributed by atoms with van der Waals surface area (Å²) in [4.78, 5) is 12.7. The molecule has 5 rings (SSSR count). The van der Waals surface area contributed by atoms with Crippen LogP contribution in [0.1, 0.15) is 76.1 Å². The van der Waals surface area contributed by atoms with Gasteiger partial charge in [-0.15, -0.1) is 0 Å². The molecular weight excluding hydrogens is 398 g/mol. The number of aliphatic hydroxyl groups is 1. The molecule has 1 aromatic carbocycles. The molecule has 4 nitrogen and oxygen atoms in total. The molecule has 0 amide bonds. The summed E-state index contributed by atoms with van der Waals surface area (Å²) < 4.78 is 6.02. The number of ether oxygens (including phenoxy) is 1. The molecular formula is C28H37NO3. The summed E-state index contributed by atoms with van der Waals surface area (Å²) in [7, 11) is 0. The minimum absolute atomic E-state index is 0.0352. The third-order valence-electron chi connectivity index (χ3n) is 10.3. The van der Waals surface area contributed by atoms with E-state index >= 15 is 0 Å². The van der Waals surface area contributed by atoms with E-state index < -0.39 is 0 Å². The Morgan fingerprint density at radius 1 is 1.09 bits per heavy atom. The van der Waals surface area contributed by atoms with Gasteiger partial charge in [0.15, 0.2) is 0 Å². The van der Waals surface area contributed by atoms with Crippen LogP contribution in [0, 0.1) is 57.7 Å². The first kappa shape index (κ1) is 22.0. The lowest BCUT2D eigenvalue weighted by Gasteiger charge is -2.63. The van der Waals surface area contributed by atoms with E-state index in [0.717, 1.165) is 44.9 Å². The molecule has 1 aromatic rings. The van der Waals surface area contributed by atoms with E-state index in [2.05, 4.69) is 26.8 Å². The topological polar surface area (TPSA) is 70.3 Å². The largest absolute Gasteiger partial charge is 0.458 e. The number of rotatable bonds is 2. The second kappa shape index (κ2) is 7.87. The van der Waals surface area contributed by atoms with Crippen LogP contribution in [-0.4, -0.2) is 23.3 Å². The molecule has 4 aliphatic carbocycles. The number of carbonyl (C=O) groups is 1. The summed E-state index contributed by atoms with van der Waals surface area (Å²) in [5, 5.41) is 21.2. The van der Waals surface area contributed by atoms with Crippen LogP contribution in [0.2, 0.25) is 0 Å². The number of hydrogen-bond donors (Lipinski definition) is 1. The van der Waals surface area contributed by atoms with E-state index in [1.165, 1.54) is 0 Å². The average Bonchev–Trinajstić information content (AvgIpc) is 3.10. The van der Waals surface area contributed by atoms with Gasteiger partial charge in [-0.25, -0.2) is 4.79 Å². The number of aliphatic hydroxyl groups excluding tert-OH is 1. The quantitative estimate of drug-likeness (QED) is 0.613. The van der Waals surface area contributed by atoms with E-state index in [0.29, 0.717) is 29.2 Å². The fourth-order valence-corrected chi connectivity index (χ4v) is 8.86. The Balaban J connectivity index is 1.36. The monoisotopic (exact) mass is 435 g/mol. The van der Waals surface area contributed by atoms with Crippen LogP contribution in [0.15, 0.2) is 30.3 Å². The number of fused-ring (bicyclic) bond motifs is 5. The van der Waals surface area contributed by atoms with Crippen LogP contribution in [0.5, 0.6) is 0 Å². The summed E-state index contributed by atoms with van der Waals surface area (Å²) in [6, 6.07) is 11.9. The lowest BCUT2D eigenvalue weighted by Crippen LogP contribution is -2.60. The van der Waals surface area contributed by atoms with Gasteiger partial charge in [0.1, 0.15) is 6.10 Å². The van der Waals surface area contributed by atoms with Crippen molar-refractivity contribution in [1.29, 1.82) is 5.26 Å². The highest BCUT2D eigenvalue weighted by Crippen LogP contribution is 2.67. The first-order valence-corrected chi connectivity index (χ1v) is 12.6. The van der Waals surface area contributed by atoms with Crippen molar-refractivity contribution in [3.05, 3.63) is 35.9 Å². The van der Waals surface area contributed by atoms with E-state index in [1.54, 1.807) is 0 Å². The van der Waals surface area contributed by atoms with Gasteiger partial charge in [-0.3, -0.25) is 0 Å². The molecule has 0 aromatic heterocycles. The van der Waals surface area contributed by atoms with Crippen molar-refractivity contribution in [2.24, 2.45) is 46.3 Å². The zero-order chi connectivity index (χ0) is 22.7. The van der Waals surface area contributed by atoms with Gasteiger partial charge in [0.25, 0.3) is 0 Å². The van der Waals surface area contributed by atoms with Crippen LogP contribution < -0.4 is 0 Å². The first-order chi connectivity index (χ1) is 15.3. The number of benzene rings is 1. The normalized spacial score (nSPS) is 47.5. The highest BCUT2D eigenvalue weighted by atomic mass is 16.5. The third-order valence-corrected chi connectivity index (χ3v) is 10.3. The zero-order valence-electron chi connectivity index (χ0n) is 19.7. The van der Waals surface area contributed by atoms with Crippen molar-refractivity contribution < 1.29 is 14.6 Å². The van der Waals surface area contributed by atoms with E-state index in [9.17, 15) is 15.2 Å². The maximum absolute atomic E-state index is 12.7. The Morgan fingerprint density at radius 3 is 2.56 bits per heavy atom. The molecule has 0 saturated heterocycles. The summed E-state index contributed by atoms with van der Waals surface area (Å²) in [6.45, 7) is 6.90.